The molecule has 3 heteroatoms. The molecule has 0 spiro atoms. The van der Waals surface area contributed by atoms with Crippen LogP contribution in [-0.2, 0) is 11.2 Å². The van der Waals surface area contributed by atoms with Crippen molar-refractivity contribution in [1.29, 1.82) is 0 Å². The van der Waals surface area contributed by atoms with Gasteiger partial charge in [0.05, 0.1) is 0 Å². The zero-order chi connectivity index (χ0) is 10.3. The molecule has 1 rings (SSSR count). The van der Waals surface area contributed by atoms with E-state index < -0.39 is 0 Å². The summed E-state index contributed by atoms with van der Waals surface area (Å²) in [5.74, 6) is 0. The lowest BCUT2D eigenvalue weighted by Crippen LogP contribution is -1.92. The number of benzene rings is 1. The Labute approximate surface area is 78.2 Å². The molecule has 3 N–H and O–H groups in total. The van der Waals surface area contributed by atoms with Gasteiger partial charge in [-0.25, -0.2) is 0 Å². The van der Waals surface area contributed by atoms with Crippen LogP contribution < -0.4 is 5.73 Å². The number of carbonyl (C=O) groups is 1. The highest BCUT2D eigenvalue weighted by Gasteiger charge is 1.93. The van der Waals surface area contributed by atoms with Crippen molar-refractivity contribution in [3.05, 3.63) is 29.3 Å². The molecule has 0 aliphatic rings. The topological polar surface area (TPSA) is 63.3 Å². The summed E-state index contributed by atoms with van der Waals surface area (Å²) in [4.78, 5) is 8.36. The first-order chi connectivity index (χ1) is 6.15. The SMILES string of the molecule is CCc1ccc(C)cc1N.O=CO. The van der Waals surface area contributed by atoms with Crippen LogP contribution in [0.5, 0.6) is 0 Å². The molecule has 0 saturated carbocycles. The third kappa shape index (κ3) is 4.15. The van der Waals surface area contributed by atoms with Crippen LogP contribution in [0.3, 0.4) is 0 Å². The highest BCUT2D eigenvalue weighted by molar-refractivity contribution is 5.48. The average molecular weight is 181 g/mol. The Morgan fingerprint density at radius 3 is 2.46 bits per heavy atom. The molecular formula is C10H15NO2. The van der Waals surface area contributed by atoms with Gasteiger partial charge in [0.2, 0.25) is 0 Å². The van der Waals surface area contributed by atoms with E-state index in [-0.39, 0.29) is 6.47 Å². The molecule has 0 aliphatic carbocycles. The Bertz CT molecular complexity index is 272. The van der Waals surface area contributed by atoms with Crippen LogP contribution in [0.4, 0.5) is 5.69 Å². The van der Waals surface area contributed by atoms with E-state index in [1.165, 1.54) is 11.1 Å². The van der Waals surface area contributed by atoms with Crippen LogP contribution in [-0.4, -0.2) is 11.6 Å². The number of carboxylic acid groups (broad SMARTS) is 1. The van der Waals surface area contributed by atoms with Gasteiger partial charge < -0.3 is 10.8 Å². The van der Waals surface area contributed by atoms with Crippen LogP contribution in [0, 0.1) is 6.92 Å². The van der Waals surface area contributed by atoms with E-state index in [9.17, 15) is 0 Å². The molecule has 1 aromatic carbocycles. The van der Waals surface area contributed by atoms with Gasteiger partial charge in [-0.15, -0.1) is 0 Å². The fourth-order valence-corrected chi connectivity index (χ4v) is 1.04. The fourth-order valence-electron chi connectivity index (χ4n) is 1.04. The Balaban J connectivity index is 0.000000424. The molecule has 13 heavy (non-hydrogen) atoms. The maximum Gasteiger partial charge on any atom is 0.290 e. The lowest BCUT2D eigenvalue weighted by Gasteiger charge is -2.01. The van der Waals surface area contributed by atoms with Gasteiger partial charge in [0.25, 0.3) is 6.47 Å². The summed E-state index contributed by atoms with van der Waals surface area (Å²) in [6.07, 6.45) is 1.02. The molecule has 0 bridgehead atoms. The van der Waals surface area contributed by atoms with E-state index >= 15 is 0 Å². The largest absolute Gasteiger partial charge is 0.483 e. The quantitative estimate of drug-likeness (QED) is 0.513. The van der Waals surface area contributed by atoms with Gasteiger partial charge >= 0.3 is 0 Å². The van der Waals surface area contributed by atoms with Crippen molar-refractivity contribution in [1.82, 2.24) is 0 Å². The monoisotopic (exact) mass is 181 g/mol. The molecule has 0 atom stereocenters. The average Bonchev–Trinajstić information content (AvgIpc) is 2.06. The lowest BCUT2D eigenvalue weighted by atomic mass is 10.1. The Morgan fingerprint density at radius 1 is 1.54 bits per heavy atom. The Kier molecular flexibility index (Phi) is 5.35. The second kappa shape index (κ2) is 6.06. The van der Waals surface area contributed by atoms with Crippen molar-refractivity contribution < 1.29 is 9.90 Å². The highest BCUT2D eigenvalue weighted by Crippen LogP contribution is 2.13. The van der Waals surface area contributed by atoms with Crippen molar-refractivity contribution in [3.63, 3.8) is 0 Å². The highest BCUT2D eigenvalue weighted by atomic mass is 16.3. The number of hydrogen-bond donors (Lipinski definition) is 2. The van der Waals surface area contributed by atoms with Crippen molar-refractivity contribution >= 4 is 12.2 Å². The number of anilines is 1. The molecule has 0 amide bonds. The van der Waals surface area contributed by atoms with Crippen LogP contribution >= 0.6 is 0 Å². The van der Waals surface area contributed by atoms with Crippen LogP contribution in [0.1, 0.15) is 18.1 Å². The molecule has 0 saturated heterocycles. The van der Waals surface area contributed by atoms with E-state index in [2.05, 4.69) is 26.0 Å². The van der Waals surface area contributed by atoms with Crippen molar-refractivity contribution in [2.24, 2.45) is 0 Å². The summed E-state index contributed by atoms with van der Waals surface area (Å²) in [6.45, 7) is 3.91. The van der Waals surface area contributed by atoms with Gasteiger partial charge in [-0.3, -0.25) is 4.79 Å². The Morgan fingerprint density at radius 2 is 2.08 bits per heavy atom. The van der Waals surface area contributed by atoms with Gasteiger partial charge in [-0.1, -0.05) is 19.1 Å². The first-order valence-electron chi connectivity index (χ1n) is 4.08. The third-order valence-corrected chi connectivity index (χ3v) is 1.68. The smallest absolute Gasteiger partial charge is 0.290 e. The minimum absolute atomic E-state index is 0.250. The Hall–Kier alpha value is -1.51. The normalized spacial score (nSPS) is 8.46. The molecule has 0 radical (unpaired) electrons. The first-order valence-corrected chi connectivity index (χ1v) is 4.08. The third-order valence-electron chi connectivity index (χ3n) is 1.68. The summed E-state index contributed by atoms with van der Waals surface area (Å²) in [6, 6.07) is 6.19. The molecule has 72 valence electrons. The maximum absolute atomic E-state index is 8.36. The summed E-state index contributed by atoms with van der Waals surface area (Å²) in [7, 11) is 0. The summed E-state index contributed by atoms with van der Waals surface area (Å²) in [5, 5.41) is 6.89. The van der Waals surface area contributed by atoms with E-state index in [1.807, 2.05) is 6.07 Å². The molecule has 3 nitrogen and oxygen atoms in total. The van der Waals surface area contributed by atoms with E-state index in [1.54, 1.807) is 0 Å². The lowest BCUT2D eigenvalue weighted by molar-refractivity contribution is -0.122. The van der Waals surface area contributed by atoms with Crippen LogP contribution in [0.15, 0.2) is 18.2 Å². The summed E-state index contributed by atoms with van der Waals surface area (Å²) >= 11 is 0. The van der Waals surface area contributed by atoms with Crippen molar-refractivity contribution in [2.75, 3.05) is 5.73 Å². The standard InChI is InChI=1S/C9H13N.CH2O2/c1-3-8-5-4-7(2)6-9(8)10;2-1-3/h4-6H,3,10H2,1-2H3;1H,(H,2,3). The molecular weight excluding hydrogens is 166 g/mol. The van der Waals surface area contributed by atoms with Crippen molar-refractivity contribution in [2.45, 2.75) is 20.3 Å². The zero-order valence-electron chi connectivity index (χ0n) is 7.95. The molecule has 0 fully saturated rings. The fraction of sp³-hybridized carbons (Fsp3) is 0.300. The van der Waals surface area contributed by atoms with Gasteiger partial charge in [-0.05, 0) is 30.5 Å². The minimum atomic E-state index is -0.250. The molecule has 0 unspecified atom stereocenters. The minimum Gasteiger partial charge on any atom is -0.483 e. The number of nitrogens with two attached hydrogens (primary N) is 1. The maximum atomic E-state index is 8.36. The van der Waals surface area contributed by atoms with Gasteiger partial charge in [-0.2, -0.15) is 0 Å². The van der Waals surface area contributed by atoms with E-state index in [4.69, 9.17) is 15.6 Å². The van der Waals surface area contributed by atoms with Crippen LogP contribution in [0.25, 0.3) is 0 Å². The first kappa shape index (κ1) is 11.5. The number of hydrogen-bond acceptors (Lipinski definition) is 2. The van der Waals surface area contributed by atoms with E-state index in [0.717, 1.165) is 12.1 Å². The van der Waals surface area contributed by atoms with Gasteiger partial charge in [0, 0.05) is 5.69 Å². The molecule has 1 aromatic rings. The van der Waals surface area contributed by atoms with E-state index in [0.29, 0.717) is 0 Å². The van der Waals surface area contributed by atoms with Gasteiger partial charge in [0.1, 0.15) is 0 Å². The molecule has 0 aromatic heterocycles. The van der Waals surface area contributed by atoms with Crippen LogP contribution in [0.2, 0.25) is 0 Å². The van der Waals surface area contributed by atoms with Crippen molar-refractivity contribution in [3.8, 4) is 0 Å². The number of rotatable bonds is 1. The number of nitrogen functional groups attached to an aromatic ring is 1. The predicted octanol–water partition coefficient (Wildman–Crippen LogP) is 1.84. The predicted molar refractivity (Wildman–Crippen MR) is 53.7 cm³/mol. The summed E-state index contributed by atoms with van der Waals surface area (Å²) in [5.41, 5.74) is 9.12. The molecule has 0 aliphatic heterocycles. The van der Waals surface area contributed by atoms with Gasteiger partial charge in [0.15, 0.2) is 0 Å². The second-order valence-electron chi connectivity index (χ2n) is 2.66. The summed E-state index contributed by atoms with van der Waals surface area (Å²) < 4.78 is 0. The molecule has 0 heterocycles. The second-order valence-corrected chi connectivity index (χ2v) is 2.66. The zero-order valence-corrected chi connectivity index (χ0v) is 7.95. The number of aryl methyl sites for hydroxylation is 2.